The molecule has 3 N–H and O–H groups in total. The lowest BCUT2D eigenvalue weighted by Crippen LogP contribution is -1.94. The van der Waals surface area contributed by atoms with E-state index in [2.05, 4.69) is 21.1 Å². The number of aromatic hydroxyl groups is 2. The third kappa shape index (κ3) is 1.96. The van der Waals surface area contributed by atoms with Gasteiger partial charge in [0.2, 0.25) is 0 Å². The Kier molecular flexibility index (Phi) is 2.76. The SMILES string of the molecule is O=C(O)c1cc(-c2ccc(Br)c(O)c2O)on1. The Hall–Kier alpha value is -2.02. The van der Waals surface area contributed by atoms with Gasteiger partial charge in [-0.25, -0.2) is 4.79 Å². The Bertz CT molecular complexity index is 592. The molecule has 17 heavy (non-hydrogen) atoms. The van der Waals surface area contributed by atoms with Crippen LogP contribution >= 0.6 is 15.9 Å². The first-order valence-corrected chi connectivity index (χ1v) is 5.21. The highest BCUT2D eigenvalue weighted by Gasteiger charge is 2.17. The van der Waals surface area contributed by atoms with E-state index in [-0.39, 0.29) is 22.8 Å². The summed E-state index contributed by atoms with van der Waals surface area (Å²) in [5.74, 6) is -1.94. The molecule has 7 heteroatoms. The second kappa shape index (κ2) is 4.10. The van der Waals surface area contributed by atoms with Crippen LogP contribution in [-0.4, -0.2) is 26.4 Å². The van der Waals surface area contributed by atoms with Crippen LogP contribution in [0.5, 0.6) is 11.5 Å². The van der Waals surface area contributed by atoms with Crippen molar-refractivity contribution in [3.8, 4) is 22.8 Å². The van der Waals surface area contributed by atoms with Gasteiger partial charge >= 0.3 is 5.97 Å². The average Bonchev–Trinajstić information content (AvgIpc) is 2.75. The average molecular weight is 300 g/mol. The largest absolute Gasteiger partial charge is 0.504 e. The summed E-state index contributed by atoms with van der Waals surface area (Å²) in [6.45, 7) is 0. The van der Waals surface area contributed by atoms with Crippen molar-refractivity contribution in [1.29, 1.82) is 0 Å². The number of hydrogen-bond acceptors (Lipinski definition) is 5. The monoisotopic (exact) mass is 299 g/mol. The van der Waals surface area contributed by atoms with E-state index < -0.39 is 11.7 Å². The highest BCUT2D eigenvalue weighted by Crippen LogP contribution is 2.41. The molecule has 2 rings (SSSR count). The maximum Gasteiger partial charge on any atom is 0.358 e. The molecule has 1 aromatic heterocycles. The van der Waals surface area contributed by atoms with Crippen LogP contribution in [0.4, 0.5) is 0 Å². The van der Waals surface area contributed by atoms with Crippen LogP contribution in [0.15, 0.2) is 27.2 Å². The number of rotatable bonds is 2. The second-order valence-corrected chi connectivity index (χ2v) is 4.03. The Morgan fingerprint density at radius 3 is 2.59 bits per heavy atom. The number of aromatic nitrogens is 1. The molecule has 0 unspecified atom stereocenters. The number of aromatic carboxylic acids is 1. The first-order chi connectivity index (χ1) is 8.00. The smallest absolute Gasteiger partial charge is 0.358 e. The fourth-order valence-corrected chi connectivity index (χ4v) is 1.58. The van der Waals surface area contributed by atoms with Gasteiger partial charge in [-0.2, -0.15) is 0 Å². The molecule has 6 nitrogen and oxygen atoms in total. The van der Waals surface area contributed by atoms with Gasteiger partial charge in [-0.15, -0.1) is 0 Å². The van der Waals surface area contributed by atoms with Crippen LogP contribution in [0.1, 0.15) is 10.5 Å². The predicted octanol–water partition coefficient (Wildman–Crippen LogP) is 2.21. The standard InChI is InChI=1S/C10H6BrNO5/c11-5-2-1-4(8(13)9(5)14)7-3-6(10(15)16)12-17-7/h1-3,13-14H,(H,15,16). The molecular weight excluding hydrogens is 294 g/mol. The molecule has 0 saturated carbocycles. The molecular formula is C10H6BrNO5. The van der Waals surface area contributed by atoms with E-state index in [1.165, 1.54) is 12.1 Å². The van der Waals surface area contributed by atoms with E-state index in [1.54, 1.807) is 0 Å². The van der Waals surface area contributed by atoms with Gasteiger partial charge in [0.05, 0.1) is 10.0 Å². The molecule has 88 valence electrons. The maximum atomic E-state index is 10.6. The van der Waals surface area contributed by atoms with Gasteiger partial charge in [-0.1, -0.05) is 5.16 Å². The summed E-state index contributed by atoms with van der Waals surface area (Å²) < 4.78 is 5.09. The van der Waals surface area contributed by atoms with Gasteiger partial charge in [0.25, 0.3) is 0 Å². The zero-order chi connectivity index (χ0) is 12.6. The molecule has 0 fully saturated rings. The minimum Gasteiger partial charge on any atom is -0.504 e. The molecule has 2 aromatic rings. The molecule has 0 aliphatic carbocycles. The van der Waals surface area contributed by atoms with Crippen molar-refractivity contribution in [3.63, 3.8) is 0 Å². The molecule has 0 atom stereocenters. The summed E-state index contributed by atoms with van der Waals surface area (Å²) in [4.78, 5) is 10.6. The minimum atomic E-state index is -1.24. The number of carbonyl (C=O) groups is 1. The van der Waals surface area contributed by atoms with Crippen LogP contribution < -0.4 is 0 Å². The quantitative estimate of drug-likeness (QED) is 0.735. The lowest BCUT2D eigenvalue weighted by molar-refractivity contribution is 0.0686. The molecule has 1 heterocycles. The minimum absolute atomic E-state index is 0.0581. The normalized spacial score (nSPS) is 10.4. The fraction of sp³-hybridized carbons (Fsp3) is 0. The van der Waals surface area contributed by atoms with Gasteiger partial charge in [0.15, 0.2) is 23.0 Å². The summed E-state index contributed by atoms with van der Waals surface area (Å²) >= 11 is 3.03. The Balaban J connectivity index is 2.53. The van der Waals surface area contributed by atoms with E-state index in [0.717, 1.165) is 6.07 Å². The molecule has 0 saturated heterocycles. The topological polar surface area (TPSA) is 104 Å². The van der Waals surface area contributed by atoms with Gasteiger partial charge in [0.1, 0.15) is 0 Å². The van der Waals surface area contributed by atoms with E-state index in [9.17, 15) is 15.0 Å². The van der Waals surface area contributed by atoms with Crippen molar-refractivity contribution in [2.45, 2.75) is 0 Å². The zero-order valence-corrected chi connectivity index (χ0v) is 9.80. The summed E-state index contributed by atoms with van der Waals surface area (Å²) in [5.41, 5.74) is -0.118. The first-order valence-electron chi connectivity index (χ1n) is 4.41. The van der Waals surface area contributed by atoms with Crippen LogP contribution in [0.25, 0.3) is 11.3 Å². The third-order valence-electron chi connectivity index (χ3n) is 2.10. The Morgan fingerprint density at radius 1 is 1.29 bits per heavy atom. The van der Waals surface area contributed by atoms with Crippen molar-refractivity contribution in [1.82, 2.24) is 5.16 Å². The highest BCUT2D eigenvalue weighted by molar-refractivity contribution is 9.10. The number of halogens is 1. The summed E-state index contributed by atoms with van der Waals surface area (Å²) in [5, 5.41) is 31.1. The molecule has 0 aliphatic heterocycles. The number of carboxylic acids is 1. The van der Waals surface area contributed by atoms with E-state index in [4.69, 9.17) is 9.63 Å². The zero-order valence-electron chi connectivity index (χ0n) is 8.22. The van der Waals surface area contributed by atoms with Crippen molar-refractivity contribution in [2.24, 2.45) is 0 Å². The molecule has 0 radical (unpaired) electrons. The molecule has 0 bridgehead atoms. The highest BCUT2D eigenvalue weighted by atomic mass is 79.9. The van der Waals surface area contributed by atoms with Gasteiger partial charge in [0, 0.05) is 6.07 Å². The van der Waals surface area contributed by atoms with Crippen molar-refractivity contribution in [2.75, 3.05) is 0 Å². The number of carboxylic acid groups (broad SMARTS) is 1. The van der Waals surface area contributed by atoms with Crippen molar-refractivity contribution < 1.29 is 24.6 Å². The molecule has 0 spiro atoms. The van der Waals surface area contributed by atoms with E-state index in [1.807, 2.05) is 0 Å². The third-order valence-corrected chi connectivity index (χ3v) is 2.74. The molecule has 0 aliphatic rings. The summed E-state index contributed by atoms with van der Waals surface area (Å²) in [7, 11) is 0. The number of phenolic OH excluding ortho intramolecular Hbond substituents is 2. The number of phenols is 2. The molecule has 0 amide bonds. The van der Waals surface area contributed by atoms with Crippen LogP contribution in [0.3, 0.4) is 0 Å². The van der Waals surface area contributed by atoms with Crippen LogP contribution in [0, 0.1) is 0 Å². The Morgan fingerprint density at radius 2 is 2.00 bits per heavy atom. The van der Waals surface area contributed by atoms with Gasteiger partial charge in [-0.05, 0) is 28.1 Å². The summed E-state index contributed by atoms with van der Waals surface area (Å²) in [6, 6.07) is 4.11. The number of hydrogen-bond donors (Lipinski definition) is 3. The second-order valence-electron chi connectivity index (χ2n) is 3.17. The van der Waals surface area contributed by atoms with E-state index in [0.29, 0.717) is 4.47 Å². The first kappa shape index (κ1) is 11.5. The lowest BCUT2D eigenvalue weighted by Gasteiger charge is -2.03. The van der Waals surface area contributed by atoms with Crippen LogP contribution in [-0.2, 0) is 0 Å². The van der Waals surface area contributed by atoms with Crippen LogP contribution in [0.2, 0.25) is 0 Å². The number of benzene rings is 1. The van der Waals surface area contributed by atoms with Crippen molar-refractivity contribution >= 4 is 21.9 Å². The lowest BCUT2D eigenvalue weighted by atomic mass is 10.1. The number of nitrogens with zero attached hydrogens (tertiary/aromatic N) is 1. The van der Waals surface area contributed by atoms with Gasteiger partial charge in [-0.3, -0.25) is 0 Å². The molecule has 1 aromatic carbocycles. The van der Waals surface area contributed by atoms with E-state index >= 15 is 0 Å². The summed E-state index contributed by atoms with van der Waals surface area (Å²) in [6.07, 6.45) is 0. The van der Waals surface area contributed by atoms with Gasteiger partial charge < -0.3 is 19.8 Å². The van der Waals surface area contributed by atoms with Crippen molar-refractivity contribution in [3.05, 3.63) is 28.4 Å². The predicted molar refractivity (Wildman–Crippen MR) is 59.9 cm³/mol. The fourth-order valence-electron chi connectivity index (χ4n) is 1.26. The Labute approximate surface area is 103 Å². The maximum absolute atomic E-state index is 10.6.